The van der Waals surface area contributed by atoms with E-state index in [1.54, 1.807) is 54.6 Å². The van der Waals surface area contributed by atoms with E-state index in [1.165, 1.54) is 4.31 Å². The number of halogens is 4. The summed E-state index contributed by atoms with van der Waals surface area (Å²) >= 11 is 23.1. The van der Waals surface area contributed by atoms with Gasteiger partial charge in [-0.05, 0) is 37.3 Å². The first-order valence-electron chi connectivity index (χ1n) is 8.43. The summed E-state index contributed by atoms with van der Waals surface area (Å²) in [5.74, 6) is -0.835. The van der Waals surface area contributed by atoms with Gasteiger partial charge in [0.2, 0.25) is 0 Å². The largest absolute Gasteiger partial charge is 0.342 e. The van der Waals surface area contributed by atoms with E-state index in [0.29, 0.717) is 16.3 Å². The van der Waals surface area contributed by atoms with Gasteiger partial charge in [-0.2, -0.15) is 0 Å². The average molecular weight is 494 g/mol. The predicted octanol–water partition coefficient (Wildman–Crippen LogP) is 4.94. The van der Waals surface area contributed by atoms with E-state index in [0.717, 1.165) is 5.56 Å². The molecule has 3 rings (SSSR count). The molecule has 0 bridgehead atoms. The number of fused-ring (bicyclic) bond motifs is 1. The third-order valence-electron chi connectivity index (χ3n) is 4.35. The van der Waals surface area contributed by atoms with Crippen molar-refractivity contribution in [1.29, 1.82) is 0 Å². The molecule has 1 aliphatic heterocycles. The van der Waals surface area contributed by atoms with E-state index >= 15 is 0 Å². The number of anilines is 1. The molecule has 1 unspecified atom stereocenters. The zero-order chi connectivity index (χ0) is 21.4. The molecule has 5 nitrogen and oxygen atoms in total. The minimum atomic E-state index is -3.86. The topological polar surface area (TPSA) is 66.5 Å². The molecule has 0 aromatic heterocycles. The number of sulfonamides is 1. The highest BCUT2D eigenvalue weighted by atomic mass is 35.6. The lowest BCUT2D eigenvalue weighted by Crippen LogP contribution is -2.37. The fourth-order valence-electron chi connectivity index (χ4n) is 2.91. The molecular formula is C19H16Cl4N2O3S. The van der Waals surface area contributed by atoms with E-state index < -0.39 is 25.8 Å². The molecule has 1 N–H and O–H groups in total. The third kappa shape index (κ3) is 4.84. The molecule has 2 aromatic rings. The summed E-state index contributed by atoms with van der Waals surface area (Å²) in [5, 5.41) is 2.97. The Bertz CT molecular complexity index is 1060. The van der Waals surface area contributed by atoms with Crippen LogP contribution in [-0.2, 0) is 14.8 Å². The highest BCUT2D eigenvalue weighted by Crippen LogP contribution is 2.36. The second-order valence-electron chi connectivity index (χ2n) is 6.43. The van der Waals surface area contributed by atoms with Gasteiger partial charge in [0.25, 0.3) is 19.7 Å². The Balaban J connectivity index is 2.07. The van der Waals surface area contributed by atoms with Crippen LogP contribution >= 0.6 is 46.4 Å². The van der Waals surface area contributed by atoms with Crippen LogP contribution in [0.5, 0.6) is 0 Å². The molecule has 0 fully saturated rings. The van der Waals surface area contributed by atoms with Gasteiger partial charge in [-0.1, -0.05) is 76.3 Å². The zero-order valence-electron chi connectivity index (χ0n) is 15.1. The molecule has 2 aromatic carbocycles. The van der Waals surface area contributed by atoms with Gasteiger partial charge in [0.1, 0.15) is 0 Å². The summed E-state index contributed by atoms with van der Waals surface area (Å²) in [7, 11) is -3.86. The maximum Gasteiger partial charge on any atom is 0.272 e. The van der Waals surface area contributed by atoms with Gasteiger partial charge in [-0.25, -0.2) is 8.42 Å². The number of hydrogen-bond donors (Lipinski definition) is 1. The second kappa shape index (κ2) is 8.36. The van der Waals surface area contributed by atoms with Crippen molar-refractivity contribution in [3.05, 3.63) is 70.8 Å². The van der Waals surface area contributed by atoms with Crippen molar-refractivity contribution >= 4 is 68.0 Å². The van der Waals surface area contributed by atoms with Gasteiger partial charge in [-0.3, -0.25) is 9.10 Å². The molecule has 0 aliphatic carbocycles. The van der Waals surface area contributed by atoms with Crippen molar-refractivity contribution in [3.63, 3.8) is 0 Å². The molecule has 0 spiro atoms. The van der Waals surface area contributed by atoms with Crippen LogP contribution in [0, 0.1) is 6.92 Å². The predicted molar refractivity (Wildman–Crippen MR) is 117 cm³/mol. The van der Waals surface area contributed by atoms with Gasteiger partial charge in [0.15, 0.2) is 0 Å². The van der Waals surface area contributed by atoms with Crippen LogP contribution in [0.15, 0.2) is 59.5 Å². The zero-order valence-corrected chi connectivity index (χ0v) is 18.9. The van der Waals surface area contributed by atoms with Gasteiger partial charge in [0.05, 0.1) is 23.2 Å². The van der Waals surface area contributed by atoms with Gasteiger partial charge >= 0.3 is 0 Å². The summed E-state index contributed by atoms with van der Waals surface area (Å²) in [6, 6.07) is 10.6. The van der Waals surface area contributed by atoms with E-state index in [9.17, 15) is 13.2 Å². The first-order chi connectivity index (χ1) is 13.5. The lowest BCUT2D eigenvalue weighted by atomic mass is 10.0. The first-order valence-corrected chi connectivity index (χ1v) is 11.4. The Hall–Kier alpha value is -1.44. The summed E-state index contributed by atoms with van der Waals surface area (Å²) in [5.41, 5.74) is 1.78. The monoisotopic (exact) mass is 492 g/mol. The number of rotatable bonds is 3. The number of nitrogens with one attached hydrogen (secondary N) is 1. The van der Waals surface area contributed by atoms with Crippen LogP contribution in [0.4, 0.5) is 5.69 Å². The quantitative estimate of drug-likeness (QED) is 0.486. The highest BCUT2D eigenvalue weighted by Gasteiger charge is 2.35. The number of aryl methyl sites for hydroxylation is 1. The molecule has 0 saturated heterocycles. The Morgan fingerprint density at radius 3 is 2.41 bits per heavy atom. The minimum absolute atomic E-state index is 0.0605. The Morgan fingerprint density at radius 2 is 1.79 bits per heavy atom. The molecular weight excluding hydrogens is 478 g/mol. The average Bonchev–Trinajstić information content (AvgIpc) is 2.81. The van der Waals surface area contributed by atoms with Gasteiger partial charge in [0, 0.05) is 10.6 Å². The summed E-state index contributed by atoms with van der Waals surface area (Å²) < 4.78 is 25.7. The van der Waals surface area contributed by atoms with E-state index in [2.05, 4.69) is 5.32 Å². The van der Waals surface area contributed by atoms with E-state index in [4.69, 9.17) is 46.4 Å². The maximum absolute atomic E-state index is 13.3. The fourth-order valence-corrected chi connectivity index (χ4v) is 4.70. The number of hydrogen-bond acceptors (Lipinski definition) is 3. The second-order valence-corrected chi connectivity index (χ2v) is 11.0. The Kier molecular flexibility index (Phi) is 6.41. The van der Waals surface area contributed by atoms with Crippen LogP contribution in [0.1, 0.15) is 17.2 Å². The number of carbonyl (C=O) groups excluding carboxylic acids is 1. The number of nitrogens with zero attached hydrogens (tertiary/aromatic N) is 1. The van der Waals surface area contributed by atoms with E-state index in [1.807, 2.05) is 6.92 Å². The normalized spacial score (nSPS) is 16.9. The van der Waals surface area contributed by atoms with Crippen LogP contribution in [0.3, 0.4) is 0 Å². The van der Waals surface area contributed by atoms with Gasteiger partial charge < -0.3 is 5.32 Å². The maximum atomic E-state index is 13.3. The van der Waals surface area contributed by atoms with Crippen LogP contribution < -0.4 is 9.62 Å². The number of carbonyl (C=O) groups is 1. The number of amides is 1. The number of benzene rings is 2. The van der Waals surface area contributed by atoms with Crippen LogP contribution in [0.2, 0.25) is 5.02 Å². The first kappa shape index (κ1) is 22.2. The lowest BCUT2D eigenvalue weighted by molar-refractivity contribution is -0.120. The van der Waals surface area contributed by atoms with Crippen molar-refractivity contribution in [2.45, 2.75) is 21.7 Å². The molecule has 10 heteroatoms. The Labute approximate surface area is 189 Å². The van der Waals surface area contributed by atoms with Crippen LogP contribution in [0.25, 0.3) is 0 Å². The lowest BCUT2D eigenvalue weighted by Gasteiger charge is -2.26. The fraction of sp³-hybridized carbons (Fsp3) is 0.211. The molecule has 1 heterocycles. The van der Waals surface area contributed by atoms with E-state index in [-0.39, 0.29) is 11.4 Å². The highest BCUT2D eigenvalue weighted by molar-refractivity contribution is 7.92. The van der Waals surface area contributed by atoms with Crippen LogP contribution in [-0.4, -0.2) is 24.7 Å². The molecule has 0 radical (unpaired) electrons. The molecule has 154 valence electrons. The molecule has 1 amide bonds. The third-order valence-corrected chi connectivity index (χ3v) is 6.89. The molecule has 1 atom stereocenters. The SMILES string of the molecule is Cc1ccc(S(=O)(=O)N2CC=CC(NC(=O)C(Cl)(Cl)Cl)c3cc(Cl)ccc32)cc1. The van der Waals surface area contributed by atoms with Crippen molar-refractivity contribution < 1.29 is 13.2 Å². The summed E-state index contributed by atoms with van der Waals surface area (Å²) in [6.45, 7) is 1.94. The molecule has 29 heavy (non-hydrogen) atoms. The van der Waals surface area contributed by atoms with Gasteiger partial charge in [-0.15, -0.1) is 0 Å². The smallest absolute Gasteiger partial charge is 0.272 e. The van der Waals surface area contributed by atoms with Crippen molar-refractivity contribution in [1.82, 2.24) is 5.32 Å². The molecule has 1 aliphatic rings. The summed E-state index contributed by atoms with van der Waals surface area (Å²) in [6.07, 6.45) is 3.26. The molecule has 0 saturated carbocycles. The van der Waals surface area contributed by atoms with Crippen molar-refractivity contribution in [2.75, 3.05) is 10.8 Å². The number of alkyl halides is 3. The minimum Gasteiger partial charge on any atom is -0.342 e. The standard InChI is InChI=1S/C19H16Cl4N2O3S/c1-12-4-7-14(8-5-12)29(27,28)25-10-2-3-16(24-18(26)19(21,22)23)15-11-13(20)6-9-17(15)25/h2-9,11,16H,10H2,1H3,(H,24,26). The Morgan fingerprint density at radius 1 is 1.14 bits per heavy atom. The summed E-state index contributed by atoms with van der Waals surface area (Å²) in [4.78, 5) is 12.3. The van der Waals surface area contributed by atoms with Crippen molar-refractivity contribution in [3.8, 4) is 0 Å². The van der Waals surface area contributed by atoms with Crippen molar-refractivity contribution in [2.24, 2.45) is 0 Å².